The van der Waals surface area contributed by atoms with Crippen LogP contribution in [0.4, 0.5) is 4.39 Å². The van der Waals surface area contributed by atoms with Crippen LogP contribution >= 0.6 is 0 Å². The van der Waals surface area contributed by atoms with E-state index in [1.807, 2.05) is 13.8 Å². The summed E-state index contributed by atoms with van der Waals surface area (Å²) in [7, 11) is 1.75. The van der Waals surface area contributed by atoms with Gasteiger partial charge in [-0.2, -0.15) is 0 Å². The lowest BCUT2D eigenvalue weighted by Crippen LogP contribution is -2.57. The Morgan fingerprint density at radius 1 is 1.22 bits per heavy atom. The number of benzene rings is 1. The van der Waals surface area contributed by atoms with Gasteiger partial charge >= 0.3 is 0 Å². The molecule has 1 saturated carbocycles. The predicted octanol–water partition coefficient (Wildman–Crippen LogP) is 3.44. The average Bonchev–Trinajstić information content (AvgIpc) is 3.02. The smallest absolute Gasteiger partial charge is 0.256 e. The first kappa shape index (κ1) is 19.8. The summed E-state index contributed by atoms with van der Waals surface area (Å²) in [6.07, 6.45) is 3.34. The minimum absolute atomic E-state index is 0.0307. The lowest BCUT2D eigenvalue weighted by atomic mass is 9.83. The molecular weight excluding hydrogens is 347 g/mol. The second kappa shape index (κ2) is 7.58. The summed E-state index contributed by atoms with van der Waals surface area (Å²) in [5.41, 5.74) is -0.360. The lowest BCUT2D eigenvalue weighted by molar-refractivity contribution is -0.137. The van der Waals surface area contributed by atoms with Crippen LogP contribution in [0, 0.1) is 11.7 Å². The molecule has 1 saturated heterocycles. The van der Waals surface area contributed by atoms with Gasteiger partial charge in [0.05, 0.1) is 6.61 Å². The van der Waals surface area contributed by atoms with E-state index in [2.05, 4.69) is 6.92 Å². The summed E-state index contributed by atoms with van der Waals surface area (Å²) >= 11 is 0. The van der Waals surface area contributed by atoms with Crippen molar-refractivity contribution in [1.29, 1.82) is 0 Å². The van der Waals surface area contributed by atoms with E-state index in [0.717, 1.165) is 25.7 Å². The quantitative estimate of drug-likeness (QED) is 0.812. The van der Waals surface area contributed by atoms with Crippen LogP contribution in [-0.2, 0) is 9.53 Å². The molecule has 2 aliphatic rings. The number of nitrogens with zero attached hydrogens (tertiary/aromatic N) is 2. The SMILES string of the molecule is CC1CCC2(CC1)OCC(C(=O)N(C)C(C)C)N2C(=O)c1ccc(F)cc1. The summed E-state index contributed by atoms with van der Waals surface area (Å²) in [6, 6.07) is 4.88. The van der Waals surface area contributed by atoms with Gasteiger partial charge in [0.2, 0.25) is 5.91 Å². The Hall–Kier alpha value is -1.95. The Bertz CT molecular complexity index is 696. The number of ether oxygens (including phenoxy) is 1. The molecule has 0 aromatic heterocycles. The molecule has 1 aliphatic carbocycles. The van der Waals surface area contributed by atoms with Crippen LogP contribution in [0.2, 0.25) is 0 Å². The molecule has 1 heterocycles. The van der Waals surface area contributed by atoms with Crippen LogP contribution < -0.4 is 0 Å². The van der Waals surface area contributed by atoms with E-state index in [1.54, 1.807) is 16.8 Å². The number of hydrogen-bond donors (Lipinski definition) is 0. The highest BCUT2D eigenvalue weighted by molar-refractivity contribution is 5.98. The van der Waals surface area contributed by atoms with Gasteiger partial charge in [0.1, 0.15) is 17.6 Å². The van der Waals surface area contributed by atoms with Crippen LogP contribution in [0.15, 0.2) is 24.3 Å². The van der Waals surface area contributed by atoms with E-state index >= 15 is 0 Å². The number of rotatable bonds is 3. The zero-order valence-corrected chi connectivity index (χ0v) is 16.6. The largest absolute Gasteiger partial charge is 0.353 e. The summed E-state index contributed by atoms with van der Waals surface area (Å²) in [5, 5.41) is 0. The van der Waals surface area contributed by atoms with Gasteiger partial charge in [0.25, 0.3) is 5.91 Å². The van der Waals surface area contributed by atoms with Crippen molar-refractivity contribution in [3.63, 3.8) is 0 Å². The van der Waals surface area contributed by atoms with E-state index in [9.17, 15) is 14.0 Å². The first-order chi connectivity index (χ1) is 12.7. The van der Waals surface area contributed by atoms with Crippen LogP contribution in [-0.4, -0.2) is 53.1 Å². The van der Waals surface area contributed by atoms with Crippen molar-refractivity contribution in [2.24, 2.45) is 5.92 Å². The van der Waals surface area contributed by atoms with Gasteiger partial charge in [-0.3, -0.25) is 14.5 Å². The van der Waals surface area contributed by atoms with E-state index in [-0.39, 0.29) is 24.5 Å². The van der Waals surface area contributed by atoms with Crippen molar-refractivity contribution < 1.29 is 18.7 Å². The first-order valence-electron chi connectivity index (χ1n) is 9.75. The minimum Gasteiger partial charge on any atom is -0.353 e. The number of hydrogen-bond acceptors (Lipinski definition) is 3. The molecule has 2 amide bonds. The van der Waals surface area contributed by atoms with Gasteiger partial charge < -0.3 is 9.64 Å². The van der Waals surface area contributed by atoms with E-state index in [4.69, 9.17) is 4.74 Å². The molecule has 27 heavy (non-hydrogen) atoms. The molecule has 2 fully saturated rings. The fraction of sp³-hybridized carbons (Fsp3) is 0.619. The van der Waals surface area contributed by atoms with E-state index in [1.165, 1.54) is 24.3 Å². The fourth-order valence-corrected chi connectivity index (χ4v) is 3.99. The molecular formula is C21H29FN2O3. The van der Waals surface area contributed by atoms with Gasteiger partial charge in [-0.05, 0) is 69.7 Å². The maximum absolute atomic E-state index is 13.4. The molecule has 1 spiro atoms. The Morgan fingerprint density at radius 2 is 1.81 bits per heavy atom. The van der Waals surface area contributed by atoms with Gasteiger partial charge in [-0.15, -0.1) is 0 Å². The number of carbonyl (C=O) groups excluding carboxylic acids is 2. The number of likely N-dealkylation sites (N-methyl/N-ethyl adjacent to an activating group) is 1. The van der Waals surface area contributed by atoms with E-state index < -0.39 is 17.6 Å². The lowest BCUT2D eigenvalue weighted by Gasteiger charge is -2.43. The molecule has 5 nitrogen and oxygen atoms in total. The van der Waals surface area contributed by atoms with Crippen LogP contribution in [0.1, 0.15) is 56.8 Å². The summed E-state index contributed by atoms with van der Waals surface area (Å²) in [4.78, 5) is 29.7. The third-order valence-corrected chi connectivity index (χ3v) is 6.03. The van der Waals surface area contributed by atoms with Crippen molar-refractivity contribution in [3.8, 4) is 0 Å². The van der Waals surface area contributed by atoms with Crippen molar-refractivity contribution in [3.05, 3.63) is 35.6 Å². The number of amides is 2. The van der Waals surface area contributed by atoms with Crippen molar-refractivity contribution >= 4 is 11.8 Å². The third kappa shape index (κ3) is 3.72. The van der Waals surface area contributed by atoms with Gasteiger partial charge in [0.15, 0.2) is 0 Å². The number of halogens is 1. The molecule has 148 valence electrons. The topological polar surface area (TPSA) is 49.9 Å². The minimum atomic E-state index is -0.740. The summed E-state index contributed by atoms with van der Waals surface area (Å²) in [5.74, 6) is -0.193. The van der Waals surface area contributed by atoms with Crippen molar-refractivity contribution in [1.82, 2.24) is 9.80 Å². The third-order valence-electron chi connectivity index (χ3n) is 6.03. The highest BCUT2D eigenvalue weighted by Gasteiger charge is 2.54. The normalized spacial score (nSPS) is 28.0. The molecule has 1 aromatic rings. The molecule has 6 heteroatoms. The fourth-order valence-electron chi connectivity index (χ4n) is 3.99. The molecule has 0 N–H and O–H groups in total. The molecule has 0 radical (unpaired) electrons. The Morgan fingerprint density at radius 3 is 2.37 bits per heavy atom. The van der Waals surface area contributed by atoms with Crippen molar-refractivity contribution in [2.45, 2.75) is 64.3 Å². The van der Waals surface area contributed by atoms with Crippen molar-refractivity contribution in [2.75, 3.05) is 13.7 Å². The summed E-state index contributed by atoms with van der Waals surface area (Å²) < 4.78 is 19.5. The molecule has 1 unspecified atom stereocenters. The standard InChI is InChI=1S/C21H29FN2O3/c1-14(2)23(4)20(26)18-13-27-21(11-9-15(3)10-12-21)24(18)19(25)16-5-7-17(22)8-6-16/h5-8,14-15,18H,9-13H2,1-4H3. The zero-order valence-electron chi connectivity index (χ0n) is 16.6. The Balaban J connectivity index is 1.95. The Labute approximate surface area is 160 Å². The van der Waals surface area contributed by atoms with Crippen LogP contribution in [0.3, 0.4) is 0 Å². The second-order valence-electron chi connectivity index (χ2n) is 8.18. The maximum atomic E-state index is 13.4. The second-order valence-corrected chi connectivity index (χ2v) is 8.18. The maximum Gasteiger partial charge on any atom is 0.256 e. The monoisotopic (exact) mass is 376 g/mol. The highest BCUT2D eigenvalue weighted by atomic mass is 19.1. The van der Waals surface area contributed by atoms with Gasteiger partial charge in [-0.1, -0.05) is 6.92 Å². The average molecular weight is 376 g/mol. The first-order valence-corrected chi connectivity index (χ1v) is 9.75. The van der Waals surface area contributed by atoms with Gasteiger partial charge in [-0.25, -0.2) is 4.39 Å². The van der Waals surface area contributed by atoms with Crippen LogP contribution in [0.5, 0.6) is 0 Å². The molecule has 1 aliphatic heterocycles. The molecule has 0 bridgehead atoms. The molecule has 1 aromatic carbocycles. The molecule has 3 rings (SSSR count). The van der Waals surface area contributed by atoms with E-state index in [0.29, 0.717) is 11.5 Å². The van der Waals surface area contributed by atoms with Crippen LogP contribution in [0.25, 0.3) is 0 Å². The summed E-state index contributed by atoms with van der Waals surface area (Å²) in [6.45, 7) is 6.29. The predicted molar refractivity (Wildman–Crippen MR) is 101 cm³/mol. The highest BCUT2D eigenvalue weighted by Crippen LogP contribution is 2.43. The van der Waals surface area contributed by atoms with Gasteiger partial charge in [0, 0.05) is 18.7 Å². The zero-order chi connectivity index (χ0) is 19.8. The number of carbonyl (C=O) groups is 2. The molecule has 1 atom stereocenters. The Kier molecular flexibility index (Phi) is 5.56.